The molecule has 0 saturated carbocycles. The second-order valence-electron chi connectivity index (χ2n) is 4.17. The van der Waals surface area contributed by atoms with Crippen LogP contribution in [0, 0.1) is 0 Å². The van der Waals surface area contributed by atoms with Gasteiger partial charge >= 0.3 is 12.0 Å². The first kappa shape index (κ1) is 12.4. The molecule has 1 aliphatic rings. The first-order chi connectivity index (χ1) is 8.61. The van der Waals surface area contributed by atoms with E-state index in [0.29, 0.717) is 26.2 Å². The summed E-state index contributed by atoms with van der Waals surface area (Å²) in [5.74, 6) is -0.955. The number of amides is 2. The minimum absolute atomic E-state index is 0.173. The number of carboxylic acids is 1. The molecule has 6 nitrogen and oxygen atoms in total. The van der Waals surface area contributed by atoms with E-state index in [0.717, 1.165) is 11.1 Å². The van der Waals surface area contributed by atoms with Crippen LogP contribution in [0.5, 0.6) is 0 Å². The van der Waals surface area contributed by atoms with Crippen molar-refractivity contribution in [1.82, 2.24) is 10.2 Å². The van der Waals surface area contributed by atoms with E-state index in [1.165, 1.54) is 0 Å². The van der Waals surface area contributed by atoms with Gasteiger partial charge in [0.2, 0.25) is 0 Å². The molecule has 0 saturated heterocycles. The van der Waals surface area contributed by atoms with Crippen LogP contribution in [-0.4, -0.2) is 35.1 Å². The zero-order chi connectivity index (χ0) is 13.1. The van der Waals surface area contributed by atoms with Crippen molar-refractivity contribution in [3.05, 3.63) is 34.9 Å². The highest BCUT2D eigenvalue weighted by atomic mass is 16.4. The molecular formula is C12H15N3O3. The number of rotatable bonds is 3. The fourth-order valence-corrected chi connectivity index (χ4v) is 1.96. The SMILES string of the molecule is NCCNC(=O)N1Cc2ccc(C(=O)O)cc2C1. The van der Waals surface area contributed by atoms with Gasteiger partial charge in [0.25, 0.3) is 0 Å². The Bertz CT molecular complexity index is 487. The van der Waals surface area contributed by atoms with Crippen LogP contribution in [0.3, 0.4) is 0 Å². The second-order valence-corrected chi connectivity index (χ2v) is 4.17. The minimum Gasteiger partial charge on any atom is -0.478 e. The van der Waals surface area contributed by atoms with Gasteiger partial charge in [0, 0.05) is 26.2 Å². The van der Waals surface area contributed by atoms with E-state index in [9.17, 15) is 9.59 Å². The average molecular weight is 249 g/mol. The predicted octanol–water partition coefficient (Wildman–Crippen LogP) is 0.369. The lowest BCUT2D eigenvalue weighted by Crippen LogP contribution is -2.38. The molecule has 0 bridgehead atoms. The number of hydrogen-bond donors (Lipinski definition) is 3. The quantitative estimate of drug-likeness (QED) is 0.721. The van der Waals surface area contributed by atoms with Crippen LogP contribution in [-0.2, 0) is 13.1 Å². The third-order valence-corrected chi connectivity index (χ3v) is 2.88. The summed E-state index contributed by atoms with van der Waals surface area (Å²) in [6, 6.07) is 4.76. The number of nitrogens with one attached hydrogen (secondary N) is 1. The summed E-state index contributed by atoms with van der Waals surface area (Å²) in [5, 5.41) is 11.6. The molecule has 6 heteroatoms. The third-order valence-electron chi connectivity index (χ3n) is 2.88. The van der Waals surface area contributed by atoms with Crippen LogP contribution in [0.2, 0.25) is 0 Å². The Balaban J connectivity index is 2.08. The lowest BCUT2D eigenvalue weighted by Gasteiger charge is -2.15. The number of fused-ring (bicyclic) bond motifs is 1. The second kappa shape index (κ2) is 5.05. The van der Waals surface area contributed by atoms with Gasteiger partial charge in [-0.2, -0.15) is 0 Å². The number of carbonyl (C=O) groups excluding carboxylic acids is 1. The van der Waals surface area contributed by atoms with Crippen molar-refractivity contribution in [2.75, 3.05) is 13.1 Å². The summed E-state index contributed by atoms with van der Waals surface area (Å²) in [4.78, 5) is 24.2. The summed E-state index contributed by atoms with van der Waals surface area (Å²) in [5.41, 5.74) is 7.44. The third kappa shape index (κ3) is 2.43. The molecule has 18 heavy (non-hydrogen) atoms. The van der Waals surface area contributed by atoms with Gasteiger partial charge in [-0.3, -0.25) is 0 Å². The first-order valence-corrected chi connectivity index (χ1v) is 5.69. The van der Waals surface area contributed by atoms with Crippen LogP contribution in [0.1, 0.15) is 21.5 Å². The van der Waals surface area contributed by atoms with Gasteiger partial charge in [-0.15, -0.1) is 0 Å². The Morgan fingerprint density at radius 3 is 2.72 bits per heavy atom. The largest absolute Gasteiger partial charge is 0.478 e. The monoisotopic (exact) mass is 249 g/mol. The smallest absolute Gasteiger partial charge is 0.335 e. The molecule has 0 unspecified atom stereocenters. The molecule has 4 N–H and O–H groups in total. The Labute approximate surface area is 104 Å². The molecule has 0 atom stereocenters. The van der Waals surface area contributed by atoms with E-state index in [2.05, 4.69) is 5.32 Å². The van der Waals surface area contributed by atoms with Gasteiger partial charge in [0.15, 0.2) is 0 Å². The van der Waals surface area contributed by atoms with Gasteiger partial charge in [0.1, 0.15) is 0 Å². The van der Waals surface area contributed by atoms with Crippen LogP contribution in [0.15, 0.2) is 18.2 Å². The summed E-state index contributed by atoms with van der Waals surface area (Å²) < 4.78 is 0. The number of urea groups is 1. The highest BCUT2D eigenvalue weighted by Gasteiger charge is 2.23. The van der Waals surface area contributed by atoms with Crippen LogP contribution in [0.25, 0.3) is 0 Å². The van der Waals surface area contributed by atoms with Crippen molar-refractivity contribution < 1.29 is 14.7 Å². The van der Waals surface area contributed by atoms with Gasteiger partial charge < -0.3 is 21.1 Å². The van der Waals surface area contributed by atoms with E-state index in [4.69, 9.17) is 10.8 Å². The number of carboxylic acid groups (broad SMARTS) is 1. The molecule has 0 radical (unpaired) electrons. The van der Waals surface area contributed by atoms with Crippen LogP contribution < -0.4 is 11.1 Å². The fourth-order valence-electron chi connectivity index (χ4n) is 1.96. The maximum atomic E-state index is 11.7. The molecule has 0 fully saturated rings. The molecule has 2 amide bonds. The summed E-state index contributed by atoms with van der Waals surface area (Å²) >= 11 is 0. The predicted molar refractivity (Wildman–Crippen MR) is 65.1 cm³/mol. The molecule has 1 heterocycles. The first-order valence-electron chi connectivity index (χ1n) is 5.69. The van der Waals surface area contributed by atoms with Gasteiger partial charge in [-0.05, 0) is 23.3 Å². The summed E-state index contributed by atoms with van der Waals surface area (Å²) in [7, 11) is 0. The van der Waals surface area contributed by atoms with E-state index < -0.39 is 5.97 Å². The number of carbonyl (C=O) groups is 2. The van der Waals surface area contributed by atoms with Gasteiger partial charge in [-0.1, -0.05) is 6.07 Å². The van der Waals surface area contributed by atoms with E-state index in [1.54, 1.807) is 23.1 Å². The molecule has 1 aromatic rings. The highest BCUT2D eigenvalue weighted by Crippen LogP contribution is 2.23. The number of nitrogens with two attached hydrogens (primary N) is 1. The van der Waals surface area contributed by atoms with Crippen LogP contribution >= 0.6 is 0 Å². The summed E-state index contributed by atoms with van der Waals surface area (Å²) in [6.07, 6.45) is 0. The number of aromatic carboxylic acids is 1. The lowest BCUT2D eigenvalue weighted by molar-refractivity contribution is 0.0696. The molecule has 1 aliphatic heterocycles. The number of benzene rings is 1. The van der Waals surface area contributed by atoms with Crippen LogP contribution in [0.4, 0.5) is 4.79 Å². The Morgan fingerprint density at radius 2 is 2.06 bits per heavy atom. The van der Waals surface area contributed by atoms with Crippen molar-refractivity contribution in [3.8, 4) is 0 Å². The van der Waals surface area contributed by atoms with Crippen molar-refractivity contribution in [1.29, 1.82) is 0 Å². The number of hydrogen-bond acceptors (Lipinski definition) is 3. The maximum absolute atomic E-state index is 11.7. The van der Waals surface area contributed by atoms with E-state index >= 15 is 0 Å². The highest BCUT2D eigenvalue weighted by molar-refractivity contribution is 5.88. The van der Waals surface area contributed by atoms with Crippen molar-refractivity contribution in [2.24, 2.45) is 5.73 Å². The lowest BCUT2D eigenvalue weighted by atomic mass is 10.1. The average Bonchev–Trinajstić information content (AvgIpc) is 2.78. The molecule has 2 rings (SSSR count). The zero-order valence-corrected chi connectivity index (χ0v) is 9.85. The van der Waals surface area contributed by atoms with E-state index in [1.807, 2.05) is 0 Å². The Morgan fingerprint density at radius 1 is 1.33 bits per heavy atom. The van der Waals surface area contributed by atoms with Crippen molar-refractivity contribution >= 4 is 12.0 Å². The number of nitrogens with zero attached hydrogens (tertiary/aromatic N) is 1. The molecule has 0 aliphatic carbocycles. The van der Waals surface area contributed by atoms with Crippen molar-refractivity contribution in [3.63, 3.8) is 0 Å². The molecule has 96 valence electrons. The zero-order valence-electron chi connectivity index (χ0n) is 9.85. The molecule has 0 aromatic heterocycles. The van der Waals surface area contributed by atoms with Gasteiger partial charge in [-0.25, -0.2) is 9.59 Å². The standard InChI is InChI=1S/C12H15N3O3/c13-3-4-14-12(18)15-6-9-2-1-8(11(16)17)5-10(9)7-15/h1-2,5H,3-4,6-7,13H2,(H,14,18)(H,16,17). The summed E-state index contributed by atoms with van der Waals surface area (Å²) in [6.45, 7) is 1.78. The van der Waals surface area contributed by atoms with Crippen molar-refractivity contribution in [2.45, 2.75) is 13.1 Å². The normalized spacial score (nSPS) is 13.3. The topological polar surface area (TPSA) is 95.7 Å². The molecule has 0 spiro atoms. The van der Waals surface area contributed by atoms with Gasteiger partial charge in [0.05, 0.1) is 5.56 Å². The molecule has 1 aromatic carbocycles. The molecular weight excluding hydrogens is 234 g/mol. The maximum Gasteiger partial charge on any atom is 0.335 e. The fraction of sp³-hybridized carbons (Fsp3) is 0.333. The Kier molecular flexibility index (Phi) is 3.47. The Hall–Kier alpha value is -2.08. The van der Waals surface area contributed by atoms with E-state index in [-0.39, 0.29) is 11.6 Å². The minimum atomic E-state index is -0.955.